The molecule has 0 saturated heterocycles. The Morgan fingerprint density at radius 1 is 0.963 bits per heavy atom. The van der Waals surface area contributed by atoms with E-state index in [-0.39, 0.29) is 6.61 Å². The molecule has 0 aliphatic carbocycles. The highest BCUT2D eigenvalue weighted by Crippen LogP contribution is 2.26. The SMILES string of the molecule is N#Cc1cn(-c2ccccc2)c2ccc(C(=O)OCc3ccccc3)cc12. The number of para-hydroxylation sites is 1. The molecule has 1 aromatic heterocycles. The molecule has 0 aliphatic heterocycles. The second kappa shape index (κ2) is 7.19. The van der Waals surface area contributed by atoms with Crippen molar-refractivity contribution in [1.29, 1.82) is 5.26 Å². The first-order chi connectivity index (χ1) is 13.3. The topological polar surface area (TPSA) is 55.0 Å². The van der Waals surface area contributed by atoms with Gasteiger partial charge >= 0.3 is 5.97 Å². The van der Waals surface area contributed by atoms with E-state index in [1.54, 1.807) is 18.3 Å². The molecule has 4 aromatic rings. The fourth-order valence-electron chi connectivity index (χ4n) is 3.05. The van der Waals surface area contributed by atoms with Crippen molar-refractivity contribution in [2.75, 3.05) is 0 Å². The van der Waals surface area contributed by atoms with Crippen LogP contribution in [0.1, 0.15) is 21.5 Å². The summed E-state index contributed by atoms with van der Waals surface area (Å²) in [5.74, 6) is -0.405. The first-order valence-electron chi connectivity index (χ1n) is 8.58. The fraction of sp³-hybridized carbons (Fsp3) is 0.0435. The van der Waals surface area contributed by atoms with Crippen LogP contribution in [0.3, 0.4) is 0 Å². The molecule has 0 aliphatic rings. The lowest BCUT2D eigenvalue weighted by atomic mass is 10.1. The Morgan fingerprint density at radius 3 is 2.37 bits per heavy atom. The standard InChI is InChI=1S/C23H16N2O2/c24-14-19-15-25(20-9-5-2-6-10-20)22-12-11-18(13-21(19)22)23(26)27-16-17-7-3-1-4-8-17/h1-13,15H,16H2. The van der Waals surface area contributed by atoms with Crippen LogP contribution in [-0.2, 0) is 11.3 Å². The minimum Gasteiger partial charge on any atom is -0.457 e. The van der Waals surface area contributed by atoms with Gasteiger partial charge in [-0.3, -0.25) is 0 Å². The van der Waals surface area contributed by atoms with Crippen LogP contribution in [0, 0.1) is 11.3 Å². The average Bonchev–Trinajstić information content (AvgIpc) is 3.11. The first-order valence-corrected chi connectivity index (χ1v) is 8.58. The van der Waals surface area contributed by atoms with Crippen LogP contribution < -0.4 is 0 Å². The third-order valence-electron chi connectivity index (χ3n) is 4.41. The zero-order valence-corrected chi connectivity index (χ0v) is 14.5. The van der Waals surface area contributed by atoms with Gasteiger partial charge in [-0.05, 0) is 35.9 Å². The second-order valence-electron chi connectivity index (χ2n) is 6.15. The van der Waals surface area contributed by atoms with E-state index in [1.807, 2.05) is 71.3 Å². The van der Waals surface area contributed by atoms with Crippen molar-refractivity contribution in [1.82, 2.24) is 4.57 Å². The van der Waals surface area contributed by atoms with E-state index in [1.165, 1.54) is 0 Å². The Labute approximate surface area is 156 Å². The van der Waals surface area contributed by atoms with E-state index in [2.05, 4.69) is 6.07 Å². The lowest BCUT2D eigenvalue weighted by Crippen LogP contribution is -2.05. The molecule has 0 atom stereocenters. The molecule has 4 heteroatoms. The number of hydrogen-bond donors (Lipinski definition) is 0. The summed E-state index contributed by atoms with van der Waals surface area (Å²) in [5.41, 5.74) is 3.72. The van der Waals surface area contributed by atoms with Crippen LogP contribution in [0.15, 0.2) is 85.1 Å². The number of fused-ring (bicyclic) bond motifs is 1. The molecule has 4 rings (SSSR count). The lowest BCUT2D eigenvalue weighted by molar-refractivity contribution is 0.0473. The van der Waals surface area contributed by atoms with E-state index in [0.717, 1.165) is 22.2 Å². The zero-order chi connectivity index (χ0) is 18.6. The van der Waals surface area contributed by atoms with Gasteiger partial charge in [-0.2, -0.15) is 5.26 Å². The van der Waals surface area contributed by atoms with Gasteiger partial charge in [0.05, 0.1) is 16.6 Å². The molecule has 0 radical (unpaired) electrons. The van der Waals surface area contributed by atoms with Crippen LogP contribution in [0.25, 0.3) is 16.6 Å². The first kappa shape index (κ1) is 16.6. The maximum Gasteiger partial charge on any atom is 0.338 e. The minimum atomic E-state index is -0.405. The molecule has 0 unspecified atom stereocenters. The smallest absolute Gasteiger partial charge is 0.338 e. The summed E-state index contributed by atoms with van der Waals surface area (Å²) in [6.07, 6.45) is 1.79. The van der Waals surface area contributed by atoms with Crippen molar-refractivity contribution in [3.05, 3.63) is 102 Å². The third kappa shape index (κ3) is 3.31. The minimum absolute atomic E-state index is 0.216. The molecule has 1 heterocycles. The van der Waals surface area contributed by atoms with Gasteiger partial charge in [0.2, 0.25) is 0 Å². The van der Waals surface area contributed by atoms with Gasteiger partial charge in [-0.25, -0.2) is 4.79 Å². The Balaban J connectivity index is 1.66. The van der Waals surface area contributed by atoms with Crippen LogP contribution in [-0.4, -0.2) is 10.5 Å². The highest BCUT2D eigenvalue weighted by Gasteiger charge is 2.14. The number of hydrogen-bond acceptors (Lipinski definition) is 3. The number of nitriles is 1. The van der Waals surface area contributed by atoms with Gasteiger partial charge in [0, 0.05) is 17.3 Å². The highest BCUT2D eigenvalue weighted by molar-refractivity contribution is 5.97. The molecule has 130 valence electrons. The van der Waals surface area contributed by atoms with Gasteiger partial charge in [-0.15, -0.1) is 0 Å². The van der Waals surface area contributed by atoms with Crippen LogP contribution in [0.2, 0.25) is 0 Å². The maximum absolute atomic E-state index is 12.4. The van der Waals surface area contributed by atoms with Crippen LogP contribution in [0.4, 0.5) is 0 Å². The van der Waals surface area contributed by atoms with Gasteiger partial charge < -0.3 is 9.30 Å². The number of esters is 1. The molecule has 0 fully saturated rings. The maximum atomic E-state index is 12.4. The predicted octanol–water partition coefficient (Wildman–Crippen LogP) is 4.86. The van der Waals surface area contributed by atoms with Crippen molar-refractivity contribution in [3.63, 3.8) is 0 Å². The van der Waals surface area contributed by atoms with E-state index >= 15 is 0 Å². The number of carbonyl (C=O) groups excluding carboxylic acids is 1. The molecule has 3 aromatic carbocycles. The number of nitrogens with zero attached hydrogens (tertiary/aromatic N) is 2. The zero-order valence-electron chi connectivity index (χ0n) is 14.5. The Bertz CT molecular complexity index is 1140. The number of benzene rings is 3. The van der Waals surface area contributed by atoms with E-state index < -0.39 is 5.97 Å². The van der Waals surface area contributed by atoms with Crippen molar-refractivity contribution in [2.45, 2.75) is 6.61 Å². The summed E-state index contributed by atoms with van der Waals surface area (Å²) in [5, 5.41) is 10.2. The summed E-state index contributed by atoms with van der Waals surface area (Å²) in [7, 11) is 0. The number of rotatable bonds is 4. The molecule has 4 nitrogen and oxygen atoms in total. The monoisotopic (exact) mass is 352 g/mol. The van der Waals surface area contributed by atoms with Crippen molar-refractivity contribution in [3.8, 4) is 11.8 Å². The average molecular weight is 352 g/mol. The fourth-order valence-corrected chi connectivity index (χ4v) is 3.05. The molecule has 0 spiro atoms. The quantitative estimate of drug-likeness (QED) is 0.493. The van der Waals surface area contributed by atoms with Gasteiger partial charge in [0.25, 0.3) is 0 Å². The molecule has 0 amide bonds. The second-order valence-corrected chi connectivity index (χ2v) is 6.15. The molecule has 0 saturated carbocycles. The highest BCUT2D eigenvalue weighted by atomic mass is 16.5. The van der Waals surface area contributed by atoms with Crippen molar-refractivity contribution < 1.29 is 9.53 Å². The molecule has 0 N–H and O–H groups in total. The van der Waals surface area contributed by atoms with Crippen molar-refractivity contribution >= 4 is 16.9 Å². The third-order valence-corrected chi connectivity index (χ3v) is 4.41. The van der Waals surface area contributed by atoms with Gasteiger partial charge in [0.15, 0.2) is 0 Å². The Kier molecular flexibility index (Phi) is 4.42. The van der Waals surface area contributed by atoms with E-state index in [4.69, 9.17) is 4.74 Å². The van der Waals surface area contributed by atoms with Crippen LogP contribution >= 0.6 is 0 Å². The molecule has 0 bridgehead atoms. The van der Waals surface area contributed by atoms with Crippen LogP contribution in [0.5, 0.6) is 0 Å². The van der Waals surface area contributed by atoms with Gasteiger partial charge in [-0.1, -0.05) is 48.5 Å². The van der Waals surface area contributed by atoms with E-state index in [9.17, 15) is 10.1 Å². The molecular weight excluding hydrogens is 336 g/mol. The largest absolute Gasteiger partial charge is 0.457 e. The predicted molar refractivity (Wildman–Crippen MR) is 104 cm³/mol. The van der Waals surface area contributed by atoms with Crippen molar-refractivity contribution in [2.24, 2.45) is 0 Å². The molecule has 27 heavy (non-hydrogen) atoms. The number of carbonyl (C=O) groups is 1. The summed E-state index contributed by atoms with van der Waals surface area (Å²) in [6.45, 7) is 0.216. The number of ether oxygens (including phenoxy) is 1. The summed E-state index contributed by atoms with van der Waals surface area (Å²) < 4.78 is 7.35. The molecular formula is C23H16N2O2. The lowest BCUT2D eigenvalue weighted by Gasteiger charge is -2.07. The normalized spacial score (nSPS) is 10.5. The van der Waals surface area contributed by atoms with Gasteiger partial charge in [0.1, 0.15) is 12.7 Å². The number of aromatic nitrogens is 1. The summed E-state index contributed by atoms with van der Waals surface area (Å²) in [4.78, 5) is 12.4. The Hall–Kier alpha value is -3.84. The Morgan fingerprint density at radius 2 is 1.67 bits per heavy atom. The summed E-state index contributed by atoms with van der Waals surface area (Å²) >= 11 is 0. The van der Waals surface area contributed by atoms with E-state index in [0.29, 0.717) is 11.1 Å². The summed E-state index contributed by atoms with van der Waals surface area (Å²) in [6, 6.07) is 26.8.